The lowest BCUT2D eigenvalue weighted by Gasteiger charge is -2.24. The zero-order valence-corrected chi connectivity index (χ0v) is 13.0. The predicted octanol–water partition coefficient (Wildman–Crippen LogP) is -0.347. The largest absolute Gasteiger partial charge is 0.343 e. The van der Waals surface area contributed by atoms with Gasteiger partial charge in [0.25, 0.3) is 5.84 Å². The van der Waals surface area contributed by atoms with Gasteiger partial charge in [0, 0.05) is 5.92 Å². The first-order valence-corrected chi connectivity index (χ1v) is 7.59. The summed E-state index contributed by atoms with van der Waals surface area (Å²) in [6.07, 6.45) is -0.172. The van der Waals surface area contributed by atoms with Gasteiger partial charge in [-0.3, -0.25) is 5.73 Å². The number of nitrogens with one attached hydrogen (secondary N) is 1. The molecule has 0 bridgehead atoms. The fourth-order valence-electron chi connectivity index (χ4n) is 4.31. The standard InChI is InChI=1S/C17H16N4O2/c1-10-4-3-5-12(6-10)13-15(8-18)14(20)21-17(16(13,15)9-19)22-7-11(2)23-17/h3-6,11,13H,7H2,1-2H3,(H2,20,21)/p+1/t11-,13+,15+,16+,17+/m0/s1. The molecule has 1 aromatic carbocycles. The first-order chi connectivity index (χ1) is 11.0. The molecular weight excluding hydrogens is 292 g/mol. The van der Waals surface area contributed by atoms with Crippen molar-refractivity contribution in [3.05, 3.63) is 35.4 Å². The molecule has 0 amide bonds. The second-order valence-electron chi connectivity index (χ2n) is 6.58. The number of aryl methyl sites for hydroxylation is 1. The summed E-state index contributed by atoms with van der Waals surface area (Å²) in [4.78, 5) is 2.96. The van der Waals surface area contributed by atoms with Crippen LogP contribution in [0.25, 0.3) is 0 Å². The summed E-state index contributed by atoms with van der Waals surface area (Å²) in [5.41, 5.74) is 5.81. The van der Waals surface area contributed by atoms with Crippen LogP contribution in [-0.4, -0.2) is 24.5 Å². The number of benzene rings is 1. The summed E-state index contributed by atoms with van der Waals surface area (Å²) in [5.74, 6) is -1.48. The van der Waals surface area contributed by atoms with Gasteiger partial charge >= 0.3 is 5.91 Å². The Hall–Kier alpha value is -2.41. The van der Waals surface area contributed by atoms with Crippen molar-refractivity contribution in [2.24, 2.45) is 16.6 Å². The van der Waals surface area contributed by atoms with E-state index in [0.717, 1.165) is 11.1 Å². The Kier molecular flexibility index (Phi) is 2.54. The lowest BCUT2D eigenvalue weighted by atomic mass is 9.93. The first kappa shape index (κ1) is 14.2. The number of hydrogen-bond acceptors (Lipinski definition) is 5. The summed E-state index contributed by atoms with van der Waals surface area (Å²) < 4.78 is 11.8. The van der Waals surface area contributed by atoms with Crippen LogP contribution in [0.2, 0.25) is 0 Å². The second-order valence-corrected chi connectivity index (χ2v) is 6.58. The van der Waals surface area contributed by atoms with Gasteiger partial charge in [-0.1, -0.05) is 29.8 Å². The zero-order chi connectivity index (χ0) is 16.5. The van der Waals surface area contributed by atoms with E-state index in [1.54, 1.807) is 0 Å². The summed E-state index contributed by atoms with van der Waals surface area (Å²) in [6.45, 7) is 4.20. The van der Waals surface area contributed by atoms with Crippen molar-refractivity contribution in [3.8, 4) is 12.1 Å². The molecule has 1 aromatic rings. The van der Waals surface area contributed by atoms with Gasteiger partial charge in [0.15, 0.2) is 10.8 Å². The van der Waals surface area contributed by atoms with E-state index in [4.69, 9.17) is 15.2 Å². The van der Waals surface area contributed by atoms with Crippen molar-refractivity contribution in [3.63, 3.8) is 0 Å². The topological polar surface area (TPSA) is 106 Å². The third kappa shape index (κ3) is 1.33. The van der Waals surface area contributed by atoms with Gasteiger partial charge in [-0.25, -0.2) is 4.99 Å². The molecule has 0 aromatic heterocycles. The number of ether oxygens (including phenoxy) is 2. The maximum Gasteiger partial charge on any atom is 0.343 e. The summed E-state index contributed by atoms with van der Waals surface area (Å²) in [6, 6.07) is 12.4. The predicted molar refractivity (Wildman–Crippen MR) is 79.4 cm³/mol. The van der Waals surface area contributed by atoms with Crippen LogP contribution in [0.1, 0.15) is 24.0 Å². The number of fused-ring (bicyclic) bond motifs is 2. The van der Waals surface area contributed by atoms with Crippen molar-refractivity contribution in [2.75, 3.05) is 6.61 Å². The smallest absolute Gasteiger partial charge is 0.311 e. The molecule has 4 rings (SSSR count). The number of hydrogen-bond donors (Lipinski definition) is 2. The molecule has 6 heteroatoms. The van der Waals surface area contributed by atoms with Crippen LogP contribution >= 0.6 is 0 Å². The average molecular weight is 309 g/mol. The minimum Gasteiger partial charge on any atom is -0.311 e. The molecule has 1 spiro atoms. The molecule has 2 aliphatic heterocycles. The monoisotopic (exact) mass is 309 g/mol. The highest BCUT2D eigenvalue weighted by atomic mass is 16.8. The first-order valence-electron chi connectivity index (χ1n) is 7.59. The maximum atomic E-state index is 10.0. The second kappa shape index (κ2) is 4.11. The molecule has 5 atom stereocenters. The lowest BCUT2D eigenvalue weighted by molar-refractivity contribution is -0.677. The quantitative estimate of drug-likeness (QED) is 0.738. The Bertz CT molecular complexity index is 823. The van der Waals surface area contributed by atoms with Gasteiger partial charge in [0.2, 0.25) is 0 Å². The molecule has 1 aliphatic carbocycles. The van der Waals surface area contributed by atoms with Crippen molar-refractivity contribution >= 4 is 5.84 Å². The molecule has 0 unspecified atom stereocenters. The van der Waals surface area contributed by atoms with Crippen LogP contribution in [0.5, 0.6) is 0 Å². The highest BCUT2D eigenvalue weighted by Crippen LogP contribution is 2.79. The van der Waals surface area contributed by atoms with Gasteiger partial charge in [-0.2, -0.15) is 10.5 Å². The van der Waals surface area contributed by atoms with Gasteiger partial charge in [0.05, 0.1) is 24.8 Å². The summed E-state index contributed by atoms with van der Waals surface area (Å²) in [5, 5.41) is 19.9. The number of amidine groups is 1. The van der Waals surface area contributed by atoms with Gasteiger partial charge in [-0.05, 0) is 19.4 Å². The summed E-state index contributed by atoms with van der Waals surface area (Å²) in [7, 11) is 0. The maximum absolute atomic E-state index is 10.0. The summed E-state index contributed by atoms with van der Waals surface area (Å²) >= 11 is 0. The molecule has 2 fully saturated rings. The van der Waals surface area contributed by atoms with Crippen LogP contribution in [0.15, 0.2) is 24.3 Å². The zero-order valence-electron chi connectivity index (χ0n) is 13.0. The highest BCUT2D eigenvalue weighted by molar-refractivity contribution is 5.95. The third-order valence-corrected chi connectivity index (χ3v) is 5.26. The Balaban J connectivity index is 1.93. The van der Waals surface area contributed by atoms with E-state index >= 15 is 0 Å². The van der Waals surface area contributed by atoms with Crippen LogP contribution in [0.4, 0.5) is 0 Å². The molecule has 6 nitrogen and oxygen atoms in total. The molecule has 116 valence electrons. The van der Waals surface area contributed by atoms with Crippen molar-refractivity contribution in [1.82, 2.24) is 0 Å². The van der Waals surface area contributed by atoms with E-state index in [0.29, 0.717) is 6.61 Å². The molecule has 3 aliphatic rings. The van der Waals surface area contributed by atoms with Crippen LogP contribution in [0, 0.1) is 40.4 Å². The van der Waals surface area contributed by atoms with Crippen molar-refractivity contribution < 1.29 is 14.5 Å². The third-order valence-electron chi connectivity index (χ3n) is 5.26. The highest BCUT2D eigenvalue weighted by Gasteiger charge is 2.97. The van der Waals surface area contributed by atoms with E-state index < -0.39 is 16.7 Å². The van der Waals surface area contributed by atoms with E-state index in [-0.39, 0.29) is 17.9 Å². The number of rotatable bonds is 1. The van der Waals surface area contributed by atoms with Crippen LogP contribution < -0.4 is 10.7 Å². The molecule has 1 saturated carbocycles. The molecule has 23 heavy (non-hydrogen) atoms. The van der Waals surface area contributed by atoms with Crippen molar-refractivity contribution in [2.45, 2.75) is 31.8 Å². The molecule has 0 radical (unpaired) electrons. The van der Waals surface area contributed by atoms with Crippen LogP contribution in [0.3, 0.4) is 0 Å². The normalized spacial score (nSPS) is 43.6. The Morgan fingerprint density at radius 2 is 2.13 bits per heavy atom. The number of nitrogens with two attached hydrogens (primary N) is 1. The van der Waals surface area contributed by atoms with Gasteiger partial charge in [0.1, 0.15) is 0 Å². The molecule has 3 N–H and O–H groups in total. The Morgan fingerprint density at radius 3 is 2.70 bits per heavy atom. The van der Waals surface area contributed by atoms with Gasteiger partial charge in [-0.15, -0.1) is 0 Å². The Morgan fingerprint density at radius 1 is 1.35 bits per heavy atom. The van der Waals surface area contributed by atoms with E-state index in [9.17, 15) is 10.5 Å². The number of nitrogens with zero attached hydrogens (tertiary/aromatic N) is 2. The number of nitriles is 2. The molecule has 2 heterocycles. The van der Waals surface area contributed by atoms with E-state index in [1.807, 2.05) is 38.1 Å². The van der Waals surface area contributed by atoms with Gasteiger partial charge < -0.3 is 9.47 Å². The fraction of sp³-hybridized carbons (Fsp3) is 0.471. The lowest BCUT2D eigenvalue weighted by Crippen LogP contribution is -2.90. The Labute approximate surface area is 134 Å². The SMILES string of the molecule is Cc1cccc([C@H]2[C@@]3(C#N)[C@@]4([NH+]=C(N)[C@@]23C#N)OC[C@H](C)O4)c1. The minimum atomic E-state index is -1.35. The molecule has 1 saturated heterocycles. The van der Waals surface area contributed by atoms with E-state index in [2.05, 4.69) is 17.1 Å². The average Bonchev–Trinajstić information content (AvgIpc) is 2.93. The van der Waals surface area contributed by atoms with Crippen molar-refractivity contribution in [1.29, 1.82) is 10.5 Å². The van der Waals surface area contributed by atoms with E-state index in [1.165, 1.54) is 0 Å². The molecular formula is C17H17N4O2+. The fourth-order valence-corrected chi connectivity index (χ4v) is 4.31. The van der Waals surface area contributed by atoms with Crippen LogP contribution in [-0.2, 0) is 9.47 Å². The minimum absolute atomic E-state index is 0.172.